The minimum Gasteiger partial charge on any atom is -0.476 e. The van der Waals surface area contributed by atoms with Crippen molar-refractivity contribution in [1.82, 2.24) is 15.2 Å². The van der Waals surface area contributed by atoms with Gasteiger partial charge in [-0.1, -0.05) is 0 Å². The first-order valence-electron chi connectivity index (χ1n) is 8.27. The van der Waals surface area contributed by atoms with Crippen LogP contribution in [0.5, 0.6) is 5.88 Å². The molecule has 0 aromatic carbocycles. The maximum absolute atomic E-state index is 11.9. The van der Waals surface area contributed by atoms with E-state index in [4.69, 9.17) is 10.00 Å². The average Bonchev–Trinajstić information content (AvgIpc) is 2.61. The Morgan fingerprint density at radius 2 is 2.22 bits per heavy atom. The summed E-state index contributed by atoms with van der Waals surface area (Å²) in [5, 5.41) is 12.0. The summed E-state index contributed by atoms with van der Waals surface area (Å²) in [4.78, 5) is 18.4. The van der Waals surface area contributed by atoms with Gasteiger partial charge in [0.25, 0.3) is 0 Å². The molecule has 2 saturated heterocycles. The van der Waals surface area contributed by atoms with E-state index in [-0.39, 0.29) is 11.9 Å². The predicted molar refractivity (Wildman–Crippen MR) is 84.8 cm³/mol. The molecule has 23 heavy (non-hydrogen) atoms. The van der Waals surface area contributed by atoms with Crippen LogP contribution in [0.1, 0.15) is 31.2 Å². The van der Waals surface area contributed by atoms with E-state index in [2.05, 4.69) is 21.3 Å². The normalized spacial score (nSPS) is 23.1. The van der Waals surface area contributed by atoms with Crippen molar-refractivity contribution in [2.24, 2.45) is 5.92 Å². The van der Waals surface area contributed by atoms with Gasteiger partial charge in [0.05, 0.1) is 12.6 Å². The van der Waals surface area contributed by atoms with Crippen LogP contribution in [0.2, 0.25) is 0 Å². The van der Waals surface area contributed by atoms with Crippen LogP contribution in [-0.2, 0) is 4.79 Å². The number of piperidine rings is 2. The summed E-state index contributed by atoms with van der Waals surface area (Å²) in [5.74, 6) is 1.05. The van der Waals surface area contributed by atoms with Crippen molar-refractivity contribution in [2.45, 2.75) is 31.7 Å². The van der Waals surface area contributed by atoms with Gasteiger partial charge in [-0.3, -0.25) is 9.69 Å². The third-order valence-corrected chi connectivity index (χ3v) is 4.69. The van der Waals surface area contributed by atoms with E-state index < -0.39 is 0 Å². The second-order valence-electron chi connectivity index (χ2n) is 6.21. The van der Waals surface area contributed by atoms with Crippen molar-refractivity contribution in [3.63, 3.8) is 0 Å². The van der Waals surface area contributed by atoms with Crippen molar-refractivity contribution in [3.05, 3.63) is 23.9 Å². The minimum absolute atomic E-state index is 0.0478. The largest absolute Gasteiger partial charge is 0.476 e. The Bertz CT molecular complexity index is 591. The number of hydrogen-bond acceptors (Lipinski definition) is 5. The van der Waals surface area contributed by atoms with Crippen molar-refractivity contribution in [3.8, 4) is 11.9 Å². The highest BCUT2D eigenvalue weighted by Crippen LogP contribution is 2.23. The third kappa shape index (κ3) is 3.80. The number of aromatic nitrogens is 1. The van der Waals surface area contributed by atoms with Gasteiger partial charge >= 0.3 is 0 Å². The average molecular weight is 314 g/mol. The molecular weight excluding hydrogens is 292 g/mol. The number of carbonyl (C=O) groups excluding carboxylic acids is 1. The molecule has 122 valence electrons. The molecule has 6 heteroatoms. The molecule has 0 bridgehead atoms. The Labute approximate surface area is 136 Å². The summed E-state index contributed by atoms with van der Waals surface area (Å²) in [5.41, 5.74) is 0.476. The van der Waals surface area contributed by atoms with Gasteiger partial charge in [-0.05, 0) is 56.8 Å². The number of likely N-dealkylation sites (tertiary alicyclic amines) is 1. The molecule has 2 fully saturated rings. The Kier molecular flexibility index (Phi) is 5.09. The second kappa shape index (κ2) is 7.42. The summed E-state index contributed by atoms with van der Waals surface area (Å²) >= 11 is 0. The first-order chi connectivity index (χ1) is 11.3. The lowest BCUT2D eigenvalue weighted by Crippen LogP contribution is -2.52. The molecule has 1 unspecified atom stereocenters. The topological polar surface area (TPSA) is 78.2 Å². The zero-order valence-electron chi connectivity index (χ0n) is 13.2. The molecule has 1 aromatic heterocycles. The number of rotatable bonds is 4. The van der Waals surface area contributed by atoms with E-state index in [0.717, 1.165) is 45.3 Å². The van der Waals surface area contributed by atoms with Gasteiger partial charge in [-0.25, -0.2) is 4.98 Å². The third-order valence-electron chi connectivity index (χ3n) is 4.69. The lowest BCUT2D eigenvalue weighted by Gasteiger charge is -2.38. The van der Waals surface area contributed by atoms with Crippen LogP contribution in [0.15, 0.2) is 18.3 Å². The van der Waals surface area contributed by atoms with Gasteiger partial charge in [0.1, 0.15) is 11.6 Å². The fraction of sp³-hybridized carbons (Fsp3) is 0.588. The number of ether oxygens (including phenoxy) is 1. The van der Waals surface area contributed by atoms with Crippen molar-refractivity contribution >= 4 is 5.91 Å². The molecule has 1 aromatic rings. The highest BCUT2D eigenvalue weighted by Gasteiger charge is 2.31. The van der Waals surface area contributed by atoms with Crippen LogP contribution < -0.4 is 10.1 Å². The molecule has 0 saturated carbocycles. The monoisotopic (exact) mass is 314 g/mol. The summed E-state index contributed by atoms with van der Waals surface area (Å²) in [6.07, 6.45) is 5.69. The Morgan fingerprint density at radius 1 is 1.39 bits per heavy atom. The zero-order valence-corrected chi connectivity index (χ0v) is 13.2. The Balaban J connectivity index is 1.48. The van der Waals surface area contributed by atoms with Crippen molar-refractivity contribution in [2.75, 3.05) is 26.2 Å². The van der Waals surface area contributed by atoms with Crippen LogP contribution in [0.4, 0.5) is 0 Å². The highest BCUT2D eigenvalue weighted by atomic mass is 16.5. The van der Waals surface area contributed by atoms with E-state index in [1.165, 1.54) is 0 Å². The van der Waals surface area contributed by atoms with Crippen LogP contribution in [0.3, 0.4) is 0 Å². The highest BCUT2D eigenvalue weighted by molar-refractivity contribution is 5.82. The first kappa shape index (κ1) is 15.8. The molecule has 0 aliphatic carbocycles. The van der Waals surface area contributed by atoms with Crippen molar-refractivity contribution < 1.29 is 9.53 Å². The Morgan fingerprint density at radius 3 is 2.96 bits per heavy atom. The van der Waals surface area contributed by atoms with Gasteiger partial charge in [0, 0.05) is 12.7 Å². The molecule has 2 aliphatic rings. The van der Waals surface area contributed by atoms with Crippen molar-refractivity contribution in [1.29, 1.82) is 5.26 Å². The first-order valence-corrected chi connectivity index (χ1v) is 8.27. The standard InChI is InChI=1S/C17H22N4O2/c18-11-14-3-1-8-20-17(14)23-12-13-5-9-21(10-6-13)15-4-2-7-19-16(15)22/h1,3,8,13,15H,2,4-7,9-10,12H2,(H,19,22). The molecule has 6 nitrogen and oxygen atoms in total. The molecule has 0 radical (unpaired) electrons. The number of amides is 1. The van der Waals surface area contributed by atoms with Gasteiger partial charge in [-0.15, -0.1) is 0 Å². The SMILES string of the molecule is N#Cc1cccnc1OCC1CCN(C2CCCNC2=O)CC1. The number of carbonyl (C=O) groups is 1. The summed E-state index contributed by atoms with van der Waals surface area (Å²) in [6.45, 7) is 3.25. The van der Waals surface area contributed by atoms with E-state index >= 15 is 0 Å². The van der Waals surface area contributed by atoms with Gasteiger partial charge < -0.3 is 10.1 Å². The fourth-order valence-electron chi connectivity index (χ4n) is 3.32. The van der Waals surface area contributed by atoms with E-state index in [1.807, 2.05) is 0 Å². The van der Waals surface area contributed by atoms with Gasteiger partial charge in [0.2, 0.25) is 11.8 Å². The number of nitrogens with zero attached hydrogens (tertiary/aromatic N) is 3. The predicted octanol–water partition coefficient (Wildman–Crippen LogP) is 1.32. The molecule has 1 amide bonds. The zero-order chi connectivity index (χ0) is 16.1. The summed E-state index contributed by atoms with van der Waals surface area (Å²) in [6, 6.07) is 5.60. The van der Waals surface area contributed by atoms with Gasteiger partial charge in [0.15, 0.2) is 0 Å². The maximum atomic E-state index is 11.9. The molecule has 3 heterocycles. The molecule has 0 spiro atoms. The number of nitrogens with one attached hydrogen (secondary N) is 1. The molecule has 1 atom stereocenters. The Hall–Kier alpha value is -2.13. The van der Waals surface area contributed by atoms with Crippen LogP contribution in [0.25, 0.3) is 0 Å². The molecular formula is C17H22N4O2. The van der Waals surface area contributed by atoms with E-state index in [9.17, 15) is 4.79 Å². The summed E-state index contributed by atoms with van der Waals surface area (Å²) < 4.78 is 5.74. The fourth-order valence-corrected chi connectivity index (χ4v) is 3.32. The smallest absolute Gasteiger partial charge is 0.237 e. The lowest BCUT2D eigenvalue weighted by atomic mass is 9.94. The number of pyridine rings is 1. The second-order valence-corrected chi connectivity index (χ2v) is 6.21. The van der Waals surface area contributed by atoms with E-state index in [1.54, 1.807) is 18.3 Å². The van der Waals surface area contributed by atoms with Crippen LogP contribution >= 0.6 is 0 Å². The lowest BCUT2D eigenvalue weighted by molar-refractivity contribution is -0.128. The maximum Gasteiger partial charge on any atom is 0.237 e. The number of nitriles is 1. The number of hydrogen-bond donors (Lipinski definition) is 1. The summed E-state index contributed by atoms with van der Waals surface area (Å²) in [7, 11) is 0. The van der Waals surface area contributed by atoms with Crippen LogP contribution in [0, 0.1) is 17.2 Å². The quantitative estimate of drug-likeness (QED) is 0.907. The molecule has 3 rings (SSSR count). The van der Waals surface area contributed by atoms with Crippen LogP contribution in [-0.4, -0.2) is 48.1 Å². The van der Waals surface area contributed by atoms with E-state index in [0.29, 0.717) is 24.0 Å². The minimum atomic E-state index is 0.0478. The van der Waals surface area contributed by atoms with Gasteiger partial charge in [-0.2, -0.15) is 5.26 Å². The molecule has 1 N–H and O–H groups in total. The molecule has 2 aliphatic heterocycles.